The fourth-order valence-corrected chi connectivity index (χ4v) is 1.80. The van der Waals surface area contributed by atoms with Gasteiger partial charge in [0.25, 0.3) is 0 Å². The Morgan fingerprint density at radius 1 is 1.70 bits per heavy atom. The van der Waals surface area contributed by atoms with Crippen LogP contribution in [-0.2, 0) is 5.75 Å². The summed E-state index contributed by atoms with van der Waals surface area (Å²) in [5.41, 5.74) is 0.752. The third-order valence-corrected chi connectivity index (χ3v) is 2.37. The van der Waals surface area contributed by atoms with Crippen LogP contribution in [0.1, 0.15) is 5.69 Å². The highest BCUT2D eigenvalue weighted by atomic mass is 127. The van der Waals surface area contributed by atoms with Crippen molar-refractivity contribution in [3.8, 4) is 5.75 Å². The molecule has 0 fully saturated rings. The van der Waals surface area contributed by atoms with Crippen LogP contribution in [0, 0.1) is 0 Å². The largest absolute Gasteiger partial charge is 0.506 e. The zero-order valence-corrected chi connectivity index (χ0v) is 8.09. The summed E-state index contributed by atoms with van der Waals surface area (Å²) in [6, 6.07) is 3.37. The van der Waals surface area contributed by atoms with E-state index >= 15 is 0 Å². The molecular weight excluding hydrogens is 261 g/mol. The number of aromatic nitrogens is 1. The molecule has 0 unspecified atom stereocenters. The van der Waals surface area contributed by atoms with Gasteiger partial charge in [-0.1, -0.05) is 8.93 Å². The molecule has 1 rings (SSSR count). The lowest BCUT2D eigenvalue weighted by Crippen LogP contribution is -1.83. The quantitative estimate of drug-likeness (QED) is 0.835. The summed E-state index contributed by atoms with van der Waals surface area (Å²) in [7, 11) is 1.62. The Hall–Kier alpha value is 0.0300. The SMILES string of the molecule is Oc1cccnc1CSI. The van der Waals surface area contributed by atoms with Gasteiger partial charge < -0.3 is 5.11 Å². The van der Waals surface area contributed by atoms with E-state index in [0.717, 1.165) is 11.4 Å². The Balaban J connectivity index is 2.81. The second kappa shape index (κ2) is 4.02. The summed E-state index contributed by atoms with van der Waals surface area (Å²) < 4.78 is 0. The van der Waals surface area contributed by atoms with Crippen LogP contribution in [0.25, 0.3) is 0 Å². The Labute approximate surface area is 75.6 Å². The van der Waals surface area contributed by atoms with Crippen molar-refractivity contribution < 1.29 is 5.11 Å². The van der Waals surface area contributed by atoms with Gasteiger partial charge in [-0.2, -0.15) is 0 Å². The van der Waals surface area contributed by atoms with E-state index in [1.165, 1.54) is 0 Å². The maximum atomic E-state index is 9.16. The molecule has 1 N–H and O–H groups in total. The van der Waals surface area contributed by atoms with Crippen molar-refractivity contribution in [2.45, 2.75) is 5.75 Å². The van der Waals surface area contributed by atoms with Gasteiger partial charge in [0.05, 0.1) is 5.69 Å². The molecule has 10 heavy (non-hydrogen) atoms. The molecule has 1 heterocycles. The molecule has 0 radical (unpaired) electrons. The highest BCUT2D eigenvalue weighted by Gasteiger charge is 1.98. The molecular formula is C6H6INOS. The number of aromatic hydroxyl groups is 1. The van der Waals surface area contributed by atoms with Crippen molar-refractivity contribution in [3.05, 3.63) is 24.0 Å². The molecule has 0 bridgehead atoms. The standard InChI is InChI=1S/C6H6INOS/c7-10-4-5-6(9)2-1-3-8-5/h1-3,9H,4H2. The summed E-state index contributed by atoms with van der Waals surface area (Å²) in [6.45, 7) is 0. The summed E-state index contributed by atoms with van der Waals surface area (Å²) in [4.78, 5) is 3.99. The minimum Gasteiger partial charge on any atom is -0.506 e. The number of rotatable bonds is 2. The second-order valence-corrected chi connectivity index (χ2v) is 4.10. The molecule has 0 aromatic carbocycles. The van der Waals surface area contributed by atoms with Crippen molar-refractivity contribution in [1.82, 2.24) is 4.98 Å². The van der Waals surface area contributed by atoms with Gasteiger partial charge in [0.1, 0.15) is 5.75 Å². The normalized spacial score (nSPS) is 9.70. The summed E-state index contributed by atoms with van der Waals surface area (Å²) >= 11 is 2.17. The van der Waals surface area contributed by atoms with Crippen molar-refractivity contribution in [1.29, 1.82) is 0 Å². The van der Waals surface area contributed by atoms with Crippen LogP contribution >= 0.6 is 30.1 Å². The van der Waals surface area contributed by atoms with Gasteiger partial charge in [-0.05, 0) is 33.3 Å². The number of halogens is 1. The van der Waals surface area contributed by atoms with Crippen LogP contribution in [0.2, 0.25) is 0 Å². The number of hydrogen-bond acceptors (Lipinski definition) is 3. The van der Waals surface area contributed by atoms with Crippen LogP contribution in [0.5, 0.6) is 5.75 Å². The van der Waals surface area contributed by atoms with E-state index in [2.05, 4.69) is 26.2 Å². The lowest BCUT2D eigenvalue weighted by atomic mass is 10.3. The maximum absolute atomic E-state index is 9.16. The van der Waals surface area contributed by atoms with E-state index in [-0.39, 0.29) is 5.75 Å². The average Bonchev–Trinajstić information content (AvgIpc) is 1.94. The minimum absolute atomic E-state index is 0.284. The second-order valence-electron chi connectivity index (χ2n) is 1.72. The molecule has 0 amide bonds. The zero-order valence-electron chi connectivity index (χ0n) is 5.12. The molecule has 2 nitrogen and oxygen atoms in total. The average molecular weight is 267 g/mol. The lowest BCUT2D eigenvalue weighted by Gasteiger charge is -1.97. The zero-order chi connectivity index (χ0) is 7.40. The highest BCUT2D eigenvalue weighted by Crippen LogP contribution is 2.22. The van der Waals surface area contributed by atoms with Crippen LogP contribution in [0.15, 0.2) is 18.3 Å². The monoisotopic (exact) mass is 267 g/mol. The predicted octanol–water partition coefficient (Wildman–Crippen LogP) is 2.37. The highest BCUT2D eigenvalue weighted by molar-refractivity contribution is 14.2. The summed E-state index contributed by atoms with van der Waals surface area (Å²) in [6.07, 6.45) is 1.68. The first-order valence-corrected chi connectivity index (χ1v) is 6.24. The van der Waals surface area contributed by atoms with Crippen LogP contribution in [0.3, 0.4) is 0 Å². The molecule has 1 aromatic rings. The number of pyridine rings is 1. The van der Waals surface area contributed by atoms with E-state index in [0.29, 0.717) is 0 Å². The molecule has 54 valence electrons. The molecule has 4 heteroatoms. The van der Waals surface area contributed by atoms with Gasteiger partial charge in [-0.3, -0.25) is 4.98 Å². The Kier molecular flexibility index (Phi) is 3.27. The molecule has 0 aliphatic heterocycles. The predicted molar refractivity (Wildman–Crippen MR) is 51.2 cm³/mol. The topological polar surface area (TPSA) is 33.1 Å². The fraction of sp³-hybridized carbons (Fsp3) is 0.167. The fourth-order valence-electron chi connectivity index (χ4n) is 0.592. The maximum Gasteiger partial charge on any atom is 0.137 e. The first kappa shape index (κ1) is 8.13. The summed E-state index contributed by atoms with van der Waals surface area (Å²) in [5.74, 6) is 1.04. The van der Waals surface area contributed by atoms with Crippen LogP contribution in [-0.4, -0.2) is 10.1 Å². The van der Waals surface area contributed by atoms with Crippen molar-refractivity contribution in [3.63, 3.8) is 0 Å². The van der Waals surface area contributed by atoms with E-state index in [9.17, 15) is 0 Å². The minimum atomic E-state index is 0.284. The van der Waals surface area contributed by atoms with Gasteiger partial charge in [0.15, 0.2) is 0 Å². The molecule has 0 saturated heterocycles. The van der Waals surface area contributed by atoms with Gasteiger partial charge in [-0.25, -0.2) is 0 Å². The lowest BCUT2D eigenvalue weighted by molar-refractivity contribution is 0.467. The van der Waals surface area contributed by atoms with Crippen molar-refractivity contribution in [2.75, 3.05) is 0 Å². The molecule has 0 aliphatic rings. The Bertz CT molecular complexity index is 219. The van der Waals surface area contributed by atoms with E-state index in [1.807, 2.05) is 0 Å². The van der Waals surface area contributed by atoms with Crippen LogP contribution < -0.4 is 0 Å². The van der Waals surface area contributed by atoms with Crippen LogP contribution in [0.4, 0.5) is 0 Å². The van der Waals surface area contributed by atoms with E-state index in [1.54, 1.807) is 27.3 Å². The summed E-state index contributed by atoms with van der Waals surface area (Å²) in [5, 5.41) is 9.16. The molecule has 1 aromatic heterocycles. The Morgan fingerprint density at radius 2 is 2.50 bits per heavy atom. The first-order chi connectivity index (χ1) is 4.84. The van der Waals surface area contributed by atoms with Gasteiger partial charge >= 0.3 is 0 Å². The molecule has 0 spiro atoms. The number of nitrogens with zero attached hydrogens (tertiary/aromatic N) is 1. The van der Waals surface area contributed by atoms with E-state index < -0.39 is 0 Å². The Morgan fingerprint density at radius 3 is 3.10 bits per heavy atom. The van der Waals surface area contributed by atoms with Gasteiger partial charge in [-0.15, -0.1) is 0 Å². The first-order valence-electron chi connectivity index (χ1n) is 2.71. The third kappa shape index (κ3) is 2.02. The molecule has 0 atom stereocenters. The van der Waals surface area contributed by atoms with E-state index in [4.69, 9.17) is 5.11 Å². The molecule has 0 saturated carbocycles. The molecule has 0 aliphatic carbocycles. The van der Waals surface area contributed by atoms with Gasteiger partial charge in [0, 0.05) is 11.9 Å². The van der Waals surface area contributed by atoms with Crippen molar-refractivity contribution >= 4 is 30.1 Å². The van der Waals surface area contributed by atoms with Crippen molar-refractivity contribution in [2.24, 2.45) is 0 Å². The third-order valence-electron chi connectivity index (χ3n) is 1.06. The number of hydrogen-bond donors (Lipinski definition) is 1. The van der Waals surface area contributed by atoms with Gasteiger partial charge in [0.2, 0.25) is 0 Å². The smallest absolute Gasteiger partial charge is 0.137 e.